The predicted octanol–water partition coefficient (Wildman–Crippen LogP) is 1.77. The molecule has 0 amide bonds. The first-order chi connectivity index (χ1) is 8.81. The van der Waals surface area contributed by atoms with E-state index in [4.69, 9.17) is 4.74 Å². The van der Waals surface area contributed by atoms with Gasteiger partial charge in [-0.05, 0) is 28.1 Å². The summed E-state index contributed by atoms with van der Waals surface area (Å²) in [6.07, 6.45) is 5.49. The minimum atomic E-state index is 0.701. The fraction of sp³-hybridized carbons (Fsp3) is 0.333. The van der Waals surface area contributed by atoms with Crippen LogP contribution in [0.3, 0.4) is 0 Å². The van der Waals surface area contributed by atoms with Crippen molar-refractivity contribution in [3.63, 3.8) is 0 Å². The molecule has 0 atom stereocenters. The van der Waals surface area contributed by atoms with Gasteiger partial charge in [0.05, 0.1) is 16.8 Å². The molecule has 2 aromatic heterocycles. The molecule has 1 N–H and O–H groups in total. The number of methoxy groups -OCH3 is 1. The zero-order valence-electron chi connectivity index (χ0n) is 10.1. The lowest BCUT2D eigenvalue weighted by molar-refractivity contribution is 0.199. The van der Waals surface area contributed by atoms with E-state index in [0.29, 0.717) is 6.61 Å². The van der Waals surface area contributed by atoms with Crippen molar-refractivity contribution in [2.75, 3.05) is 20.3 Å². The van der Waals surface area contributed by atoms with Gasteiger partial charge in [-0.25, -0.2) is 9.97 Å². The minimum Gasteiger partial charge on any atom is -0.383 e. The van der Waals surface area contributed by atoms with Crippen LogP contribution >= 0.6 is 15.9 Å². The lowest BCUT2D eigenvalue weighted by Crippen LogP contribution is -2.18. The Morgan fingerprint density at radius 2 is 2.33 bits per heavy atom. The zero-order chi connectivity index (χ0) is 12.8. The lowest BCUT2D eigenvalue weighted by atomic mass is 10.4. The quantitative estimate of drug-likeness (QED) is 0.826. The summed E-state index contributed by atoms with van der Waals surface area (Å²) < 4.78 is 7.81. The van der Waals surface area contributed by atoms with Gasteiger partial charge in [0, 0.05) is 32.6 Å². The van der Waals surface area contributed by atoms with Gasteiger partial charge in [-0.15, -0.1) is 0 Å². The van der Waals surface area contributed by atoms with E-state index in [1.54, 1.807) is 19.6 Å². The lowest BCUT2D eigenvalue weighted by Gasteiger charge is -2.03. The van der Waals surface area contributed by atoms with Gasteiger partial charge >= 0.3 is 0 Å². The summed E-state index contributed by atoms with van der Waals surface area (Å²) in [5.74, 6) is 0.841. The van der Waals surface area contributed by atoms with Crippen LogP contribution in [0.1, 0.15) is 5.69 Å². The van der Waals surface area contributed by atoms with Crippen LogP contribution in [0.2, 0.25) is 0 Å². The van der Waals surface area contributed by atoms with Crippen LogP contribution in [0.4, 0.5) is 0 Å². The number of pyridine rings is 1. The van der Waals surface area contributed by atoms with Crippen LogP contribution < -0.4 is 5.32 Å². The summed E-state index contributed by atoms with van der Waals surface area (Å²) in [4.78, 5) is 8.64. The first-order valence-corrected chi connectivity index (χ1v) is 6.44. The Morgan fingerprint density at radius 1 is 1.44 bits per heavy atom. The summed E-state index contributed by atoms with van der Waals surface area (Å²) in [6.45, 7) is 2.24. The maximum absolute atomic E-state index is 4.97. The van der Waals surface area contributed by atoms with Crippen molar-refractivity contribution in [2.45, 2.75) is 6.54 Å². The molecule has 2 heterocycles. The highest BCUT2D eigenvalue weighted by atomic mass is 79.9. The molecule has 5 nitrogen and oxygen atoms in total. The molecule has 2 rings (SSSR count). The molecule has 0 aliphatic rings. The largest absolute Gasteiger partial charge is 0.383 e. The second-order valence-electron chi connectivity index (χ2n) is 3.75. The maximum Gasteiger partial charge on any atom is 0.152 e. The normalized spacial score (nSPS) is 10.8. The van der Waals surface area contributed by atoms with Crippen molar-refractivity contribution in [2.24, 2.45) is 0 Å². The van der Waals surface area contributed by atoms with Crippen LogP contribution in [0.5, 0.6) is 0 Å². The number of nitrogens with zero attached hydrogens (tertiary/aromatic N) is 3. The van der Waals surface area contributed by atoms with Crippen LogP contribution in [-0.4, -0.2) is 34.8 Å². The molecule has 0 saturated heterocycles. The minimum absolute atomic E-state index is 0.701. The highest BCUT2D eigenvalue weighted by molar-refractivity contribution is 9.10. The summed E-state index contributed by atoms with van der Waals surface area (Å²) in [5.41, 5.74) is 0.976. The van der Waals surface area contributed by atoms with E-state index < -0.39 is 0 Å². The number of nitrogens with one attached hydrogen (secondary N) is 1. The van der Waals surface area contributed by atoms with Crippen molar-refractivity contribution in [3.05, 3.63) is 41.0 Å². The van der Waals surface area contributed by atoms with Gasteiger partial charge in [-0.2, -0.15) is 0 Å². The molecule has 0 unspecified atom stereocenters. The number of ether oxygens (including phenoxy) is 1. The van der Waals surface area contributed by atoms with Gasteiger partial charge in [0.1, 0.15) is 6.33 Å². The van der Waals surface area contributed by atoms with E-state index in [1.165, 1.54) is 0 Å². The predicted molar refractivity (Wildman–Crippen MR) is 72.6 cm³/mol. The number of hydrogen-bond acceptors (Lipinski definition) is 4. The van der Waals surface area contributed by atoms with Gasteiger partial charge in [-0.3, -0.25) is 4.57 Å². The van der Waals surface area contributed by atoms with Crippen molar-refractivity contribution in [1.82, 2.24) is 19.9 Å². The average Bonchev–Trinajstić information content (AvgIpc) is 2.84. The Hall–Kier alpha value is -1.24. The molecule has 0 radical (unpaired) electrons. The highest BCUT2D eigenvalue weighted by Crippen LogP contribution is 2.17. The van der Waals surface area contributed by atoms with Crippen LogP contribution in [0.15, 0.2) is 35.3 Å². The van der Waals surface area contributed by atoms with Crippen molar-refractivity contribution >= 4 is 15.9 Å². The third-order valence-electron chi connectivity index (χ3n) is 2.41. The van der Waals surface area contributed by atoms with Gasteiger partial charge in [0.15, 0.2) is 5.82 Å². The van der Waals surface area contributed by atoms with Crippen LogP contribution in [0.25, 0.3) is 5.82 Å². The first-order valence-electron chi connectivity index (χ1n) is 5.64. The molecular formula is C12H15BrN4O. The maximum atomic E-state index is 4.97. The average molecular weight is 311 g/mol. The third kappa shape index (κ3) is 3.38. The van der Waals surface area contributed by atoms with Crippen molar-refractivity contribution < 1.29 is 4.74 Å². The standard InChI is InChI=1S/C12H15BrN4O/c1-18-6-5-14-7-10-8-17(9-16-10)12-11(13)3-2-4-15-12/h2-4,8-9,14H,5-7H2,1H3. The molecular weight excluding hydrogens is 296 g/mol. The van der Waals surface area contributed by atoms with Gasteiger partial charge < -0.3 is 10.1 Å². The van der Waals surface area contributed by atoms with Crippen LogP contribution in [-0.2, 0) is 11.3 Å². The molecule has 0 aliphatic heterocycles. The molecule has 0 fully saturated rings. The second kappa shape index (κ2) is 6.63. The third-order valence-corrected chi connectivity index (χ3v) is 3.03. The van der Waals surface area contributed by atoms with E-state index in [9.17, 15) is 0 Å². The second-order valence-corrected chi connectivity index (χ2v) is 4.61. The number of hydrogen-bond donors (Lipinski definition) is 1. The van der Waals surface area contributed by atoms with E-state index in [-0.39, 0.29) is 0 Å². The molecule has 96 valence electrons. The monoisotopic (exact) mass is 310 g/mol. The van der Waals surface area contributed by atoms with E-state index in [0.717, 1.165) is 29.1 Å². The van der Waals surface area contributed by atoms with E-state index >= 15 is 0 Å². The van der Waals surface area contributed by atoms with Gasteiger partial charge in [-0.1, -0.05) is 0 Å². The van der Waals surface area contributed by atoms with Crippen LogP contribution in [0, 0.1) is 0 Å². The Bertz CT molecular complexity index is 500. The van der Waals surface area contributed by atoms with Gasteiger partial charge in [0.2, 0.25) is 0 Å². The smallest absolute Gasteiger partial charge is 0.152 e. The summed E-state index contributed by atoms with van der Waals surface area (Å²) in [7, 11) is 1.69. The Balaban J connectivity index is 2.00. The summed E-state index contributed by atoms with van der Waals surface area (Å²) >= 11 is 3.47. The molecule has 2 aromatic rings. The number of rotatable bonds is 6. The van der Waals surface area contributed by atoms with E-state index in [1.807, 2.05) is 22.9 Å². The van der Waals surface area contributed by atoms with Crippen molar-refractivity contribution in [3.8, 4) is 5.82 Å². The zero-order valence-corrected chi connectivity index (χ0v) is 11.7. The molecule has 0 aliphatic carbocycles. The topological polar surface area (TPSA) is 52.0 Å². The SMILES string of the molecule is COCCNCc1cn(-c2ncccc2Br)cn1. The fourth-order valence-corrected chi connectivity index (χ4v) is 1.99. The Labute approximate surface area is 114 Å². The molecule has 18 heavy (non-hydrogen) atoms. The molecule has 0 bridgehead atoms. The number of halogens is 1. The molecule has 0 spiro atoms. The summed E-state index contributed by atoms with van der Waals surface area (Å²) in [5, 5.41) is 3.25. The van der Waals surface area contributed by atoms with Crippen molar-refractivity contribution in [1.29, 1.82) is 0 Å². The number of aromatic nitrogens is 3. The van der Waals surface area contributed by atoms with Gasteiger partial charge in [0.25, 0.3) is 0 Å². The highest BCUT2D eigenvalue weighted by Gasteiger charge is 2.04. The van der Waals surface area contributed by atoms with E-state index in [2.05, 4.69) is 31.2 Å². The number of imidazole rings is 1. The summed E-state index contributed by atoms with van der Waals surface area (Å²) in [6, 6.07) is 3.84. The Kier molecular flexibility index (Phi) is 4.86. The molecule has 0 saturated carbocycles. The molecule has 0 aromatic carbocycles. The fourth-order valence-electron chi connectivity index (χ4n) is 1.53. The Morgan fingerprint density at radius 3 is 3.11 bits per heavy atom. The first kappa shape index (κ1) is 13.2. The molecule has 6 heteroatoms.